The zero-order valence-corrected chi connectivity index (χ0v) is 29.1. The molecule has 0 bridgehead atoms. The number of benzene rings is 1. The van der Waals surface area contributed by atoms with Gasteiger partial charge in [0, 0.05) is 19.7 Å². The average Bonchev–Trinajstić information content (AvgIpc) is 3.41. The van der Waals surface area contributed by atoms with Gasteiger partial charge in [-0.1, -0.05) is 70.2 Å². The Morgan fingerprint density at radius 3 is 2.33 bits per heavy atom. The third kappa shape index (κ3) is 11.2. The summed E-state index contributed by atoms with van der Waals surface area (Å²) in [4.78, 5) is 31.7. The molecule has 12 heteroatoms. The molecule has 0 saturated heterocycles. The second-order valence-electron chi connectivity index (χ2n) is 13.4. The molecule has 1 heterocycles. The molecule has 5 N–H and O–H groups in total. The molecule has 272 valence electrons. The molecule has 2 aliphatic rings. The predicted octanol–water partition coefficient (Wildman–Crippen LogP) is 2.98. The van der Waals surface area contributed by atoms with Gasteiger partial charge in [-0.3, -0.25) is 9.59 Å². The number of methoxy groups -OCH3 is 1. The number of nitrogens with one attached hydrogen (secondary N) is 2. The van der Waals surface area contributed by atoms with Gasteiger partial charge in [-0.15, -0.1) is 0 Å². The van der Waals surface area contributed by atoms with Crippen molar-refractivity contribution >= 4 is 11.8 Å². The van der Waals surface area contributed by atoms with Gasteiger partial charge in [0.1, 0.15) is 12.7 Å². The summed E-state index contributed by atoms with van der Waals surface area (Å²) in [7, 11) is 1.61. The maximum atomic E-state index is 13.7. The summed E-state index contributed by atoms with van der Waals surface area (Å²) in [6.45, 7) is 5.90. The molecular weight excluding hydrogens is 630 g/mol. The lowest BCUT2D eigenvalue weighted by atomic mass is 9.79. The van der Waals surface area contributed by atoms with Crippen LogP contribution in [0.2, 0.25) is 0 Å². The largest absolute Gasteiger partial charge is 0.489 e. The Hall–Kier alpha value is -3.13. The predicted molar refractivity (Wildman–Crippen MR) is 183 cm³/mol. The lowest BCUT2D eigenvalue weighted by Crippen LogP contribution is -2.55. The van der Waals surface area contributed by atoms with Gasteiger partial charge in [0.25, 0.3) is 5.91 Å². The monoisotopic (exact) mass is 685 g/mol. The number of ether oxygens (including phenoxy) is 4. The molecule has 1 unspecified atom stereocenters. The van der Waals surface area contributed by atoms with Crippen LogP contribution in [0, 0.1) is 17.8 Å². The number of aliphatic hydroxyl groups excluding tert-OH is 3. The maximum Gasteiger partial charge on any atom is 0.274 e. The van der Waals surface area contributed by atoms with Gasteiger partial charge in [0.05, 0.1) is 63.2 Å². The Balaban J connectivity index is 1.43. The number of aromatic nitrogens is 1. The Morgan fingerprint density at radius 1 is 0.918 bits per heavy atom. The first-order valence-corrected chi connectivity index (χ1v) is 17.7. The van der Waals surface area contributed by atoms with Crippen LogP contribution in [0.5, 0.6) is 5.75 Å². The molecule has 2 aromatic rings. The van der Waals surface area contributed by atoms with Crippen molar-refractivity contribution in [3.8, 4) is 5.75 Å². The Kier molecular flexibility index (Phi) is 15.7. The van der Waals surface area contributed by atoms with E-state index in [-0.39, 0.29) is 36.5 Å². The zero-order chi connectivity index (χ0) is 35.2. The molecule has 2 aliphatic carbocycles. The zero-order valence-electron chi connectivity index (χ0n) is 29.1. The van der Waals surface area contributed by atoms with Crippen molar-refractivity contribution in [3.05, 3.63) is 59.4 Å². The van der Waals surface area contributed by atoms with Crippen molar-refractivity contribution in [2.45, 2.75) is 89.2 Å². The van der Waals surface area contributed by atoms with Crippen LogP contribution in [0.15, 0.2) is 42.6 Å². The number of rotatable bonds is 20. The summed E-state index contributed by atoms with van der Waals surface area (Å²) in [5.41, 5.74) is 1.86. The van der Waals surface area contributed by atoms with E-state index < -0.39 is 48.1 Å². The molecule has 0 radical (unpaired) electrons. The molecule has 2 amide bonds. The van der Waals surface area contributed by atoms with Crippen molar-refractivity contribution in [1.29, 1.82) is 0 Å². The molecule has 4 rings (SSSR count). The fourth-order valence-electron chi connectivity index (χ4n) is 6.95. The fourth-order valence-corrected chi connectivity index (χ4v) is 6.95. The van der Waals surface area contributed by atoms with E-state index in [0.717, 1.165) is 43.2 Å². The minimum absolute atomic E-state index is 0.0489. The van der Waals surface area contributed by atoms with Crippen LogP contribution in [0.4, 0.5) is 0 Å². The van der Waals surface area contributed by atoms with Crippen LogP contribution in [0.3, 0.4) is 0 Å². The van der Waals surface area contributed by atoms with Crippen molar-refractivity contribution < 1.29 is 43.9 Å². The van der Waals surface area contributed by atoms with Gasteiger partial charge in [-0.2, -0.15) is 0 Å². The van der Waals surface area contributed by atoms with Crippen LogP contribution in [0.1, 0.15) is 80.0 Å². The van der Waals surface area contributed by atoms with Crippen molar-refractivity contribution in [2.75, 3.05) is 46.8 Å². The number of carbonyl (C=O) groups excluding carboxylic acids is 2. The number of carbonyl (C=O) groups is 2. The normalized spacial score (nSPS) is 20.3. The molecule has 12 nitrogen and oxygen atoms in total. The van der Waals surface area contributed by atoms with Gasteiger partial charge in [0.15, 0.2) is 11.4 Å². The van der Waals surface area contributed by atoms with Crippen molar-refractivity contribution in [1.82, 2.24) is 15.6 Å². The molecule has 0 aliphatic heterocycles. The van der Waals surface area contributed by atoms with Gasteiger partial charge in [0.2, 0.25) is 5.91 Å². The van der Waals surface area contributed by atoms with Crippen LogP contribution >= 0.6 is 0 Å². The molecular formula is C37H55N3O9. The SMILES string of the molecule is COCCOCCOCCOc1cccnc1C(=O)N[C@@H](CC1CCCCC1)[C@@H](O)[C@H](O)[C@H](C(=O)NC1c2ccccc2C[C@H]1O)C(C)C. The molecule has 6 atom stereocenters. The molecule has 1 aromatic heterocycles. The average molecular weight is 686 g/mol. The Morgan fingerprint density at radius 2 is 1.61 bits per heavy atom. The first-order chi connectivity index (χ1) is 23.7. The van der Waals surface area contributed by atoms with Gasteiger partial charge in [-0.05, 0) is 41.5 Å². The van der Waals surface area contributed by atoms with E-state index in [2.05, 4.69) is 15.6 Å². The molecule has 1 saturated carbocycles. The first-order valence-electron chi connectivity index (χ1n) is 17.7. The summed E-state index contributed by atoms with van der Waals surface area (Å²) in [6, 6.07) is 9.41. The van der Waals surface area contributed by atoms with Crippen LogP contribution in [0.25, 0.3) is 0 Å². The van der Waals surface area contributed by atoms with Crippen LogP contribution in [-0.4, -0.2) is 103 Å². The fraction of sp³-hybridized carbons (Fsp3) is 0.649. The van der Waals surface area contributed by atoms with Crippen molar-refractivity contribution in [3.63, 3.8) is 0 Å². The van der Waals surface area contributed by atoms with E-state index in [1.54, 1.807) is 19.2 Å². The van der Waals surface area contributed by atoms with E-state index in [9.17, 15) is 24.9 Å². The van der Waals surface area contributed by atoms with Crippen LogP contribution in [-0.2, 0) is 25.4 Å². The molecule has 1 aromatic carbocycles. The highest BCUT2D eigenvalue weighted by Gasteiger charge is 2.42. The minimum atomic E-state index is -1.49. The number of amides is 2. The molecule has 0 spiro atoms. The Bertz CT molecular complexity index is 1310. The summed E-state index contributed by atoms with van der Waals surface area (Å²) >= 11 is 0. The minimum Gasteiger partial charge on any atom is -0.489 e. The van der Waals surface area contributed by atoms with E-state index in [1.165, 1.54) is 6.20 Å². The second kappa shape index (κ2) is 19.9. The van der Waals surface area contributed by atoms with Crippen molar-refractivity contribution in [2.24, 2.45) is 17.8 Å². The number of pyridine rings is 1. The number of nitrogens with zero attached hydrogens (tertiary/aromatic N) is 1. The van der Waals surface area contributed by atoms with Crippen LogP contribution < -0.4 is 15.4 Å². The highest BCUT2D eigenvalue weighted by atomic mass is 16.6. The number of hydrogen-bond acceptors (Lipinski definition) is 10. The highest BCUT2D eigenvalue weighted by molar-refractivity contribution is 5.95. The highest BCUT2D eigenvalue weighted by Crippen LogP contribution is 2.33. The van der Waals surface area contributed by atoms with E-state index in [4.69, 9.17) is 18.9 Å². The number of hydrogen-bond donors (Lipinski definition) is 5. The van der Waals surface area contributed by atoms with Gasteiger partial charge >= 0.3 is 0 Å². The van der Waals surface area contributed by atoms with Gasteiger partial charge in [-0.25, -0.2) is 4.98 Å². The first kappa shape index (κ1) is 38.7. The van der Waals surface area contributed by atoms with E-state index in [1.807, 2.05) is 38.1 Å². The number of aliphatic hydroxyl groups is 3. The summed E-state index contributed by atoms with van der Waals surface area (Å²) < 4.78 is 21.7. The standard InChI is InChI=1S/C37H55N3O9/c1-24(2)31(36(44)40-32-27-13-8-7-12-26(27)23-29(32)41)35(43)34(42)28(22-25-10-5-4-6-11-25)39-37(45)33-30(14-9-15-38-33)49-21-20-48-19-18-47-17-16-46-3/h7-9,12-15,24-25,28-29,31-32,34-35,41-43H,4-6,10-11,16-23H2,1-3H3,(H,39,45)(H,40,44)/t28-,29+,31+,32?,34+,35+/m0/s1. The second-order valence-corrected chi connectivity index (χ2v) is 13.4. The summed E-state index contributed by atoms with van der Waals surface area (Å²) in [5, 5.41) is 40.0. The van der Waals surface area contributed by atoms with E-state index >= 15 is 0 Å². The maximum absolute atomic E-state index is 13.7. The quantitative estimate of drug-likeness (QED) is 0.131. The Labute approximate surface area is 289 Å². The topological polar surface area (TPSA) is 169 Å². The molecule has 49 heavy (non-hydrogen) atoms. The lowest BCUT2D eigenvalue weighted by Gasteiger charge is -2.36. The summed E-state index contributed by atoms with van der Waals surface area (Å²) in [6.07, 6.45) is 3.80. The third-order valence-electron chi connectivity index (χ3n) is 9.56. The van der Waals surface area contributed by atoms with E-state index in [0.29, 0.717) is 39.3 Å². The summed E-state index contributed by atoms with van der Waals surface area (Å²) in [5.74, 6) is -1.85. The van der Waals surface area contributed by atoms with Gasteiger partial charge < -0.3 is 44.9 Å². The lowest BCUT2D eigenvalue weighted by molar-refractivity contribution is -0.137. The third-order valence-corrected chi connectivity index (χ3v) is 9.56. The smallest absolute Gasteiger partial charge is 0.274 e. The molecule has 1 fully saturated rings. The number of fused-ring (bicyclic) bond motifs is 1.